The minimum absolute atomic E-state index is 0.125. The van der Waals surface area contributed by atoms with E-state index in [1.807, 2.05) is 13.8 Å². The second-order valence-corrected chi connectivity index (χ2v) is 4.00. The molecule has 0 aromatic heterocycles. The van der Waals surface area contributed by atoms with Gasteiger partial charge in [0.1, 0.15) is 6.79 Å². The first-order chi connectivity index (χ1) is 8.15. The predicted octanol–water partition coefficient (Wildman–Crippen LogP) is 2.10. The molecule has 0 atom stereocenters. The Morgan fingerprint density at radius 1 is 0.941 bits per heavy atom. The molecule has 0 aromatic carbocycles. The number of aliphatic hydroxyl groups excluding tert-OH is 2. The Balaban J connectivity index is 0. The summed E-state index contributed by atoms with van der Waals surface area (Å²) < 4.78 is 9.44. The molecule has 2 rings (SSSR count). The summed E-state index contributed by atoms with van der Waals surface area (Å²) in [4.78, 5) is 0. The van der Waals surface area contributed by atoms with Gasteiger partial charge in [0.2, 0.25) is 0 Å². The first-order valence-electron chi connectivity index (χ1n) is 6.14. The normalized spacial score (nSPS) is 16.0. The summed E-state index contributed by atoms with van der Waals surface area (Å²) >= 11 is 0. The van der Waals surface area contributed by atoms with Crippen LogP contribution < -0.4 is 0 Å². The van der Waals surface area contributed by atoms with Gasteiger partial charge in [0.15, 0.2) is 0 Å². The van der Waals surface area contributed by atoms with E-state index >= 15 is 0 Å². The molecular weight excluding hydrogens is 220 g/mol. The van der Waals surface area contributed by atoms with Gasteiger partial charge in [-0.3, -0.25) is 0 Å². The Hall–Kier alpha value is -0.420. The standard InChI is InChI=1S/2C4H8.C3H6O2.C2H6O2/c1-2-4-3-1;1-4(2)3;1-2-5-3-4-1;3-1-2-4/h1-4H2;1H2,2-3H3;1-3H2;3-4H,1-2H2. The zero-order valence-electron chi connectivity index (χ0n) is 11.3. The molecule has 4 heteroatoms. The van der Waals surface area contributed by atoms with Crippen LogP contribution in [0.25, 0.3) is 0 Å². The Kier molecular flexibility index (Phi) is 20.0. The molecule has 1 aliphatic carbocycles. The lowest BCUT2D eigenvalue weighted by Gasteiger charge is -2.05. The molecule has 0 unspecified atom stereocenters. The van der Waals surface area contributed by atoms with Crippen LogP contribution in [0.1, 0.15) is 39.5 Å². The molecular formula is C13H28O4. The fourth-order valence-corrected chi connectivity index (χ4v) is 0.545. The van der Waals surface area contributed by atoms with Gasteiger partial charge in [-0.05, 0) is 13.8 Å². The van der Waals surface area contributed by atoms with E-state index < -0.39 is 0 Å². The van der Waals surface area contributed by atoms with Crippen LogP contribution in [0.5, 0.6) is 0 Å². The van der Waals surface area contributed by atoms with E-state index in [1.165, 1.54) is 31.3 Å². The van der Waals surface area contributed by atoms with E-state index in [4.69, 9.17) is 19.7 Å². The molecule has 1 aliphatic heterocycles. The van der Waals surface area contributed by atoms with Gasteiger partial charge in [-0.1, -0.05) is 31.3 Å². The number of rotatable bonds is 1. The summed E-state index contributed by atoms with van der Waals surface area (Å²) in [6.07, 6.45) is 6.00. The maximum absolute atomic E-state index is 7.62. The molecule has 1 saturated heterocycles. The van der Waals surface area contributed by atoms with Gasteiger partial charge in [-0.15, -0.1) is 6.58 Å². The number of allylic oxidation sites excluding steroid dienone is 1. The van der Waals surface area contributed by atoms with Gasteiger partial charge in [0.05, 0.1) is 26.4 Å². The summed E-state index contributed by atoms with van der Waals surface area (Å²) in [5, 5.41) is 15.2. The van der Waals surface area contributed by atoms with Crippen molar-refractivity contribution in [2.75, 3.05) is 33.2 Å². The number of ether oxygens (including phenoxy) is 2. The Morgan fingerprint density at radius 3 is 1.29 bits per heavy atom. The van der Waals surface area contributed by atoms with E-state index in [2.05, 4.69) is 6.58 Å². The Labute approximate surface area is 105 Å². The molecule has 0 amide bonds. The van der Waals surface area contributed by atoms with Crippen LogP contribution in [0, 0.1) is 0 Å². The first kappa shape index (κ1) is 18.9. The van der Waals surface area contributed by atoms with Crippen molar-refractivity contribution in [3.8, 4) is 0 Å². The minimum atomic E-state index is -0.125. The highest BCUT2D eigenvalue weighted by atomic mass is 16.7. The van der Waals surface area contributed by atoms with E-state index in [9.17, 15) is 0 Å². The zero-order valence-corrected chi connectivity index (χ0v) is 11.3. The fourth-order valence-electron chi connectivity index (χ4n) is 0.545. The first-order valence-corrected chi connectivity index (χ1v) is 6.14. The summed E-state index contributed by atoms with van der Waals surface area (Å²) in [5.41, 5.74) is 1.17. The topological polar surface area (TPSA) is 58.9 Å². The highest BCUT2D eigenvalue weighted by Gasteiger charge is 1.95. The maximum atomic E-state index is 7.62. The molecule has 0 radical (unpaired) electrons. The second-order valence-electron chi connectivity index (χ2n) is 4.00. The van der Waals surface area contributed by atoms with Crippen LogP contribution in [-0.4, -0.2) is 43.4 Å². The van der Waals surface area contributed by atoms with Crippen LogP contribution >= 0.6 is 0 Å². The molecule has 104 valence electrons. The molecule has 0 aromatic rings. The Morgan fingerprint density at radius 2 is 1.24 bits per heavy atom. The fraction of sp³-hybridized carbons (Fsp3) is 0.846. The van der Waals surface area contributed by atoms with E-state index in [1.54, 1.807) is 0 Å². The minimum Gasteiger partial charge on any atom is -0.394 e. The van der Waals surface area contributed by atoms with Crippen LogP contribution in [0.2, 0.25) is 0 Å². The molecule has 1 saturated carbocycles. The van der Waals surface area contributed by atoms with Crippen molar-refractivity contribution in [1.29, 1.82) is 0 Å². The molecule has 0 spiro atoms. The van der Waals surface area contributed by atoms with Gasteiger partial charge in [-0.2, -0.15) is 0 Å². The van der Waals surface area contributed by atoms with Gasteiger partial charge in [0, 0.05) is 0 Å². The lowest BCUT2D eigenvalue weighted by molar-refractivity contribution is 0.0692. The largest absolute Gasteiger partial charge is 0.394 e. The quantitative estimate of drug-likeness (QED) is 0.698. The smallest absolute Gasteiger partial charge is 0.146 e. The highest BCUT2D eigenvalue weighted by Crippen LogP contribution is 2.15. The number of aliphatic hydroxyl groups is 2. The molecule has 0 bridgehead atoms. The van der Waals surface area contributed by atoms with Gasteiger partial charge in [0.25, 0.3) is 0 Å². The summed E-state index contributed by atoms with van der Waals surface area (Å²) in [6, 6.07) is 0. The third-order valence-corrected chi connectivity index (χ3v) is 1.64. The second kappa shape index (κ2) is 18.0. The summed E-state index contributed by atoms with van der Waals surface area (Å²) in [5.74, 6) is 0. The van der Waals surface area contributed by atoms with Crippen molar-refractivity contribution < 1.29 is 19.7 Å². The third kappa shape index (κ3) is 31.3. The van der Waals surface area contributed by atoms with Crippen molar-refractivity contribution in [1.82, 2.24) is 0 Å². The number of hydrogen-bond donors (Lipinski definition) is 2. The summed E-state index contributed by atoms with van der Waals surface area (Å²) in [7, 11) is 0. The molecule has 2 fully saturated rings. The monoisotopic (exact) mass is 248 g/mol. The van der Waals surface area contributed by atoms with Crippen molar-refractivity contribution in [3.63, 3.8) is 0 Å². The molecule has 4 nitrogen and oxygen atoms in total. The van der Waals surface area contributed by atoms with Crippen molar-refractivity contribution in [2.24, 2.45) is 0 Å². The van der Waals surface area contributed by atoms with Gasteiger partial charge >= 0.3 is 0 Å². The van der Waals surface area contributed by atoms with Crippen LogP contribution in [0.4, 0.5) is 0 Å². The lowest BCUT2D eigenvalue weighted by Crippen LogP contribution is -1.85. The van der Waals surface area contributed by atoms with E-state index in [0.29, 0.717) is 6.79 Å². The van der Waals surface area contributed by atoms with E-state index in [0.717, 1.165) is 13.2 Å². The van der Waals surface area contributed by atoms with Gasteiger partial charge in [-0.25, -0.2) is 0 Å². The van der Waals surface area contributed by atoms with Crippen molar-refractivity contribution in [2.45, 2.75) is 39.5 Å². The Bertz CT molecular complexity index is 123. The van der Waals surface area contributed by atoms with E-state index in [-0.39, 0.29) is 13.2 Å². The molecule has 2 N–H and O–H groups in total. The van der Waals surface area contributed by atoms with Gasteiger partial charge < -0.3 is 19.7 Å². The SMILES string of the molecule is C1CCC1.C1COCO1.C=C(C)C.OCCO. The van der Waals surface area contributed by atoms with Crippen molar-refractivity contribution >= 4 is 0 Å². The summed E-state index contributed by atoms with van der Waals surface area (Å²) in [6.45, 7) is 9.31. The molecule has 17 heavy (non-hydrogen) atoms. The van der Waals surface area contributed by atoms with Crippen LogP contribution in [0.3, 0.4) is 0 Å². The average molecular weight is 248 g/mol. The molecule has 1 heterocycles. The average Bonchev–Trinajstić information content (AvgIpc) is 2.71. The zero-order chi connectivity index (χ0) is 13.4. The molecule has 2 aliphatic rings. The van der Waals surface area contributed by atoms with Crippen LogP contribution in [0.15, 0.2) is 12.2 Å². The maximum Gasteiger partial charge on any atom is 0.146 e. The predicted molar refractivity (Wildman–Crippen MR) is 69.9 cm³/mol. The highest BCUT2D eigenvalue weighted by molar-refractivity contribution is 4.78. The van der Waals surface area contributed by atoms with Crippen molar-refractivity contribution in [3.05, 3.63) is 12.2 Å². The lowest BCUT2D eigenvalue weighted by atomic mass is 10.0. The van der Waals surface area contributed by atoms with Crippen LogP contribution in [-0.2, 0) is 9.47 Å². The third-order valence-electron chi connectivity index (χ3n) is 1.64. The number of hydrogen-bond acceptors (Lipinski definition) is 4.